The molecule has 0 aliphatic rings. The monoisotopic (exact) mass is 356 g/mol. The molecule has 0 saturated carbocycles. The van der Waals surface area contributed by atoms with Crippen LogP contribution in [0.5, 0.6) is 5.75 Å². The first kappa shape index (κ1) is 19.7. The molecule has 1 unspecified atom stereocenters. The van der Waals surface area contributed by atoms with Crippen LogP contribution in [0.2, 0.25) is 0 Å². The van der Waals surface area contributed by atoms with E-state index in [0.29, 0.717) is 30.0 Å². The molecule has 140 valence electrons. The highest BCUT2D eigenvalue weighted by Gasteiger charge is 2.26. The molecule has 0 saturated heterocycles. The van der Waals surface area contributed by atoms with Gasteiger partial charge in [0.2, 0.25) is 5.95 Å². The van der Waals surface area contributed by atoms with Crippen LogP contribution >= 0.6 is 0 Å². The predicted octanol–water partition coefficient (Wildman–Crippen LogP) is 3.61. The van der Waals surface area contributed by atoms with Crippen LogP contribution in [0.25, 0.3) is 0 Å². The summed E-state index contributed by atoms with van der Waals surface area (Å²) < 4.78 is 6.14. The second kappa shape index (κ2) is 8.17. The predicted molar refractivity (Wildman–Crippen MR) is 103 cm³/mol. The number of nitrogens with zero attached hydrogens (tertiary/aromatic N) is 3. The van der Waals surface area contributed by atoms with Crippen molar-refractivity contribution in [1.29, 1.82) is 0 Å². The lowest BCUT2D eigenvalue weighted by Crippen LogP contribution is -2.33. The van der Waals surface area contributed by atoms with Crippen LogP contribution in [-0.2, 0) is 0 Å². The van der Waals surface area contributed by atoms with Gasteiger partial charge in [-0.2, -0.15) is 0 Å². The molecule has 0 spiro atoms. The summed E-state index contributed by atoms with van der Waals surface area (Å²) in [7, 11) is 0. The lowest BCUT2D eigenvalue weighted by atomic mass is 10.1. The standard InChI is InChI=1S/C20H28N4O2/c1-7-24(8-2)19(25)17-14(5)22-20(21)23-18(17)15(6)26-16-11-12(3)9-10-13(16)4/h9-11,15H,7-8H2,1-6H3,(H2,21,22,23). The minimum Gasteiger partial charge on any atom is -0.484 e. The van der Waals surface area contributed by atoms with E-state index in [2.05, 4.69) is 9.97 Å². The van der Waals surface area contributed by atoms with Gasteiger partial charge in [0.15, 0.2) is 0 Å². The Morgan fingerprint density at radius 1 is 1.19 bits per heavy atom. The molecule has 1 aromatic carbocycles. The molecule has 0 aliphatic heterocycles. The minimum absolute atomic E-state index is 0.0982. The Labute approximate surface area is 155 Å². The number of carbonyl (C=O) groups excluding carboxylic acids is 1. The summed E-state index contributed by atoms with van der Waals surface area (Å²) in [6, 6.07) is 6.03. The third-order valence-corrected chi connectivity index (χ3v) is 4.43. The van der Waals surface area contributed by atoms with Crippen LogP contribution in [0.1, 0.15) is 59.7 Å². The Hall–Kier alpha value is -2.63. The second-order valence-corrected chi connectivity index (χ2v) is 6.43. The molecule has 26 heavy (non-hydrogen) atoms. The highest BCUT2D eigenvalue weighted by molar-refractivity contribution is 5.96. The highest BCUT2D eigenvalue weighted by atomic mass is 16.5. The number of hydrogen-bond donors (Lipinski definition) is 1. The largest absolute Gasteiger partial charge is 0.484 e. The van der Waals surface area contributed by atoms with Gasteiger partial charge in [0, 0.05) is 13.1 Å². The maximum absolute atomic E-state index is 13.0. The third kappa shape index (κ3) is 4.12. The average molecular weight is 356 g/mol. The van der Waals surface area contributed by atoms with Crippen LogP contribution < -0.4 is 10.5 Å². The van der Waals surface area contributed by atoms with Crippen molar-refractivity contribution >= 4 is 11.9 Å². The van der Waals surface area contributed by atoms with Gasteiger partial charge in [0.1, 0.15) is 11.9 Å². The zero-order valence-corrected chi connectivity index (χ0v) is 16.5. The van der Waals surface area contributed by atoms with E-state index in [9.17, 15) is 4.79 Å². The molecule has 2 aromatic rings. The van der Waals surface area contributed by atoms with E-state index in [-0.39, 0.29) is 11.9 Å². The number of amides is 1. The molecular formula is C20H28N4O2. The Bertz CT molecular complexity index is 801. The minimum atomic E-state index is -0.436. The molecule has 6 nitrogen and oxygen atoms in total. The average Bonchev–Trinajstić information content (AvgIpc) is 2.58. The van der Waals surface area contributed by atoms with Crippen LogP contribution in [0, 0.1) is 20.8 Å². The topological polar surface area (TPSA) is 81.3 Å². The number of nitrogen functional groups attached to an aromatic ring is 1. The van der Waals surface area contributed by atoms with Gasteiger partial charge in [0.05, 0.1) is 17.0 Å². The smallest absolute Gasteiger partial charge is 0.257 e. The zero-order valence-electron chi connectivity index (χ0n) is 16.5. The molecule has 6 heteroatoms. The fourth-order valence-electron chi connectivity index (χ4n) is 2.93. The van der Waals surface area contributed by atoms with Gasteiger partial charge < -0.3 is 15.4 Å². The lowest BCUT2D eigenvalue weighted by Gasteiger charge is -2.24. The van der Waals surface area contributed by atoms with Crippen molar-refractivity contribution in [3.05, 3.63) is 46.3 Å². The molecule has 2 rings (SSSR count). The SMILES string of the molecule is CCN(CC)C(=O)c1c(C)nc(N)nc1C(C)Oc1cc(C)ccc1C. The first-order valence-electron chi connectivity index (χ1n) is 8.95. The van der Waals surface area contributed by atoms with Crippen LogP contribution in [0.15, 0.2) is 18.2 Å². The molecular weight excluding hydrogens is 328 g/mol. The fourth-order valence-corrected chi connectivity index (χ4v) is 2.93. The molecule has 0 radical (unpaired) electrons. The number of rotatable bonds is 6. The highest BCUT2D eigenvalue weighted by Crippen LogP contribution is 2.28. The van der Waals surface area contributed by atoms with Gasteiger partial charge in [-0.3, -0.25) is 4.79 Å². The van der Waals surface area contributed by atoms with E-state index in [1.807, 2.05) is 52.8 Å². The van der Waals surface area contributed by atoms with Gasteiger partial charge >= 0.3 is 0 Å². The number of carbonyl (C=O) groups is 1. The third-order valence-electron chi connectivity index (χ3n) is 4.43. The van der Waals surface area contributed by atoms with Crippen molar-refractivity contribution in [3.8, 4) is 5.75 Å². The Balaban J connectivity index is 2.47. The van der Waals surface area contributed by atoms with Crippen LogP contribution in [0.3, 0.4) is 0 Å². The van der Waals surface area contributed by atoms with Crippen molar-refractivity contribution in [3.63, 3.8) is 0 Å². The first-order valence-corrected chi connectivity index (χ1v) is 8.95. The van der Waals surface area contributed by atoms with Crippen molar-refractivity contribution in [2.45, 2.75) is 47.6 Å². The van der Waals surface area contributed by atoms with Crippen molar-refractivity contribution in [2.24, 2.45) is 0 Å². The first-order chi connectivity index (χ1) is 12.3. The number of aryl methyl sites for hydroxylation is 3. The molecule has 1 aromatic heterocycles. The Morgan fingerprint density at radius 3 is 2.46 bits per heavy atom. The number of hydrogen-bond acceptors (Lipinski definition) is 5. The van der Waals surface area contributed by atoms with E-state index >= 15 is 0 Å². The summed E-state index contributed by atoms with van der Waals surface area (Å²) >= 11 is 0. The number of nitrogens with two attached hydrogens (primary N) is 1. The van der Waals surface area contributed by atoms with E-state index in [1.165, 1.54) is 0 Å². The maximum atomic E-state index is 13.0. The van der Waals surface area contributed by atoms with Gasteiger partial charge in [-0.1, -0.05) is 12.1 Å². The zero-order chi connectivity index (χ0) is 19.4. The summed E-state index contributed by atoms with van der Waals surface area (Å²) in [6.45, 7) is 12.8. The quantitative estimate of drug-likeness (QED) is 0.855. The molecule has 0 bridgehead atoms. The number of anilines is 1. The molecule has 2 N–H and O–H groups in total. The van der Waals surface area contributed by atoms with Gasteiger partial charge in [-0.05, 0) is 58.7 Å². The van der Waals surface area contributed by atoms with E-state index in [4.69, 9.17) is 10.5 Å². The fraction of sp³-hybridized carbons (Fsp3) is 0.450. The molecule has 0 fully saturated rings. The number of benzene rings is 1. The summed E-state index contributed by atoms with van der Waals surface area (Å²) in [4.78, 5) is 23.3. The van der Waals surface area contributed by atoms with E-state index < -0.39 is 6.10 Å². The molecule has 1 atom stereocenters. The van der Waals surface area contributed by atoms with Gasteiger partial charge in [-0.15, -0.1) is 0 Å². The molecule has 1 amide bonds. The maximum Gasteiger partial charge on any atom is 0.257 e. The van der Waals surface area contributed by atoms with Crippen LogP contribution in [-0.4, -0.2) is 33.9 Å². The van der Waals surface area contributed by atoms with Gasteiger partial charge in [-0.25, -0.2) is 9.97 Å². The van der Waals surface area contributed by atoms with Crippen molar-refractivity contribution < 1.29 is 9.53 Å². The summed E-state index contributed by atoms with van der Waals surface area (Å²) in [6.07, 6.45) is -0.436. The Kier molecular flexibility index (Phi) is 6.18. The van der Waals surface area contributed by atoms with E-state index in [1.54, 1.807) is 11.8 Å². The summed E-state index contributed by atoms with van der Waals surface area (Å²) in [5, 5.41) is 0. The van der Waals surface area contributed by atoms with Crippen molar-refractivity contribution in [1.82, 2.24) is 14.9 Å². The molecule has 1 heterocycles. The second-order valence-electron chi connectivity index (χ2n) is 6.43. The van der Waals surface area contributed by atoms with Gasteiger partial charge in [0.25, 0.3) is 5.91 Å². The number of aromatic nitrogens is 2. The normalized spacial score (nSPS) is 11.9. The lowest BCUT2D eigenvalue weighted by molar-refractivity contribution is 0.0765. The molecule has 0 aliphatic carbocycles. The Morgan fingerprint density at radius 2 is 1.85 bits per heavy atom. The summed E-state index contributed by atoms with van der Waals surface area (Å²) in [5.74, 6) is 0.817. The van der Waals surface area contributed by atoms with E-state index in [0.717, 1.165) is 16.9 Å². The number of ether oxygens (including phenoxy) is 1. The van der Waals surface area contributed by atoms with Crippen LogP contribution in [0.4, 0.5) is 5.95 Å². The van der Waals surface area contributed by atoms with Crippen molar-refractivity contribution in [2.75, 3.05) is 18.8 Å². The summed E-state index contributed by atoms with van der Waals surface area (Å²) in [5.41, 5.74) is 9.55.